The van der Waals surface area contributed by atoms with Crippen molar-refractivity contribution in [2.24, 2.45) is 0 Å². The number of aryl methyl sites for hydroxylation is 1. The second-order valence-electron chi connectivity index (χ2n) is 8.44. The smallest absolute Gasteiger partial charge is 0.264 e. The number of nitrogens with zero attached hydrogens (tertiary/aromatic N) is 3. The summed E-state index contributed by atoms with van der Waals surface area (Å²) < 4.78 is 30.1. The van der Waals surface area contributed by atoms with Crippen LogP contribution in [0, 0.1) is 6.92 Å². The first-order valence-electron chi connectivity index (χ1n) is 11.3. The fourth-order valence-electron chi connectivity index (χ4n) is 3.92. The average Bonchev–Trinajstić information content (AvgIpc) is 3.26. The first-order chi connectivity index (χ1) is 17.3. The Hall–Kier alpha value is -4.44. The van der Waals surface area contributed by atoms with Gasteiger partial charge >= 0.3 is 0 Å². The first kappa shape index (κ1) is 23.3. The number of aromatic nitrogens is 3. The van der Waals surface area contributed by atoms with E-state index in [-0.39, 0.29) is 22.8 Å². The van der Waals surface area contributed by atoms with Gasteiger partial charge < -0.3 is 10.6 Å². The maximum absolute atomic E-state index is 13.0. The lowest BCUT2D eigenvalue weighted by Gasteiger charge is -2.24. The molecule has 0 aliphatic carbocycles. The zero-order chi connectivity index (χ0) is 25.3. The SMILES string of the molecule is CC(=O)Nc1ccc(S(=O)(=O)Nc2nc3n(n2)[C@H](c2ccc(C)cc2)C=C(c2ccccc2)N3)cc1. The molecular formula is C26H24N6O3S. The maximum atomic E-state index is 13.0. The number of sulfonamides is 1. The number of hydrogen-bond donors (Lipinski definition) is 3. The molecule has 1 aliphatic heterocycles. The highest BCUT2D eigenvalue weighted by Gasteiger charge is 2.27. The van der Waals surface area contributed by atoms with Crippen LogP contribution in [0.4, 0.5) is 17.6 Å². The molecule has 0 bridgehead atoms. The number of fused-ring (bicyclic) bond motifs is 1. The van der Waals surface area contributed by atoms with Gasteiger partial charge in [-0.25, -0.2) is 17.8 Å². The topological polar surface area (TPSA) is 118 Å². The highest BCUT2D eigenvalue weighted by atomic mass is 32.2. The number of anilines is 3. The fourth-order valence-corrected chi connectivity index (χ4v) is 4.86. The molecule has 3 aromatic carbocycles. The number of hydrogen-bond acceptors (Lipinski definition) is 6. The van der Waals surface area contributed by atoms with Crippen LogP contribution in [0.15, 0.2) is 89.8 Å². The molecule has 3 N–H and O–H groups in total. The summed E-state index contributed by atoms with van der Waals surface area (Å²) in [7, 11) is -3.96. The molecule has 0 fully saturated rings. The van der Waals surface area contributed by atoms with Gasteiger partial charge in [-0.2, -0.15) is 4.98 Å². The minimum Gasteiger partial charge on any atom is -0.326 e. The first-order valence-corrected chi connectivity index (χ1v) is 12.7. The Balaban J connectivity index is 1.47. The van der Waals surface area contributed by atoms with Crippen molar-refractivity contribution in [3.05, 3.63) is 102 Å². The van der Waals surface area contributed by atoms with Gasteiger partial charge in [-0.15, -0.1) is 5.10 Å². The van der Waals surface area contributed by atoms with Gasteiger partial charge in [0.05, 0.1) is 4.90 Å². The number of allylic oxidation sites excluding steroid dienone is 1. The van der Waals surface area contributed by atoms with Crippen LogP contribution in [0.2, 0.25) is 0 Å². The van der Waals surface area contributed by atoms with Gasteiger partial charge in [0, 0.05) is 18.3 Å². The number of rotatable bonds is 6. The zero-order valence-corrected chi connectivity index (χ0v) is 20.5. The maximum Gasteiger partial charge on any atom is 0.264 e. The van der Waals surface area contributed by atoms with E-state index in [0.29, 0.717) is 11.6 Å². The molecule has 0 radical (unpaired) electrons. The minimum absolute atomic E-state index is 0.0236. The summed E-state index contributed by atoms with van der Waals surface area (Å²) in [6.45, 7) is 3.41. The third-order valence-corrected chi connectivity index (χ3v) is 7.02. The van der Waals surface area contributed by atoms with Crippen LogP contribution in [0.25, 0.3) is 5.70 Å². The Bertz CT molecular complexity index is 1540. The van der Waals surface area contributed by atoms with E-state index in [1.165, 1.54) is 31.2 Å². The molecule has 0 spiro atoms. The van der Waals surface area contributed by atoms with E-state index in [4.69, 9.17) is 0 Å². The quantitative estimate of drug-likeness (QED) is 0.361. The second-order valence-corrected chi connectivity index (χ2v) is 10.1. The molecule has 1 atom stereocenters. The molecule has 1 aromatic heterocycles. The van der Waals surface area contributed by atoms with E-state index in [0.717, 1.165) is 22.4 Å². The molecule has 2 heterocycles. The van der Waals surface area contributed by atoms with Crippen LogP contribution >= 0.6 is 0 Å². The van der Waals surface area contributed by atoms with Crippen LogP contribution in [-0.2, 0) is 14.8 Å². The van der Waals surface area contributed by atoms with Crippen molar-refractivity contribution in [1.82, 2.24) is 14.8 Å². The number of carbonyl (C=O) groups is 1. The summed E-state index contributed by atoms with van der Waals surface area (Å²) in [5.74, 6) is 0.125. The summed E-state index contributed by atoms with van der Waals surface area (Å²) in [6.07, 6.45) is 2.04. The normalized spacial score (nSPS) is 14.8. The van der Waals surface area contributed by atoms with Gasteiger partial charge in [-0.3, -0.25) is 4.79 Å². The molecule has 4 aromatic rings. The molecule has 0 unspecified atom stereocenters. The van der Waals surface area contributed by atoms with Crippen LogP contribution in [0.5, 0.6) is 0 Å². The van der Waals surface area contributed by atoms with Crippen LogP contribution in [-0.4, -0.2) is 29.1 Å². The van der Waals surface area contributed by atoms with Crippen molar-refractivity contribution < 1.29 is 13.2 Å². The number of nitrogens with one attached hydrogen (secondary N) is 3. The van der Waals surface area contributed by atoms with E-state index >= 15 is 0 Å². The summed E-state index contributed by atoms with van der Waals surface area (Å²) in [6, 6.07) is 23.5. The molecule has 0 saturated heterocycles. The van der Waals surface area contributed by atoms with Gasteiger partial charge in [0.15, 0.2) is 0 Å². The van der Waals surface area contributed by atoms with Crippen molar-refractivity contribution in [3.8, 4) is 0 Å². The monoisotopic (exact) mass is 500 g/mol. The number of benzene rings is 3. The molecule has 1 aliphatic rings. The molecule has 10 heteroatoms. The van der Waals surface area contributed by atoms with Crippen LogP contribution in [0.3, 0.4) is 0 Å². The Morgan fingerprint density at radius 2 is 1.67 bits per heavy atom. The standard InChI is InChI=1S/C26H24N6O3S/c1-17-8-10-20(11-9-17)24-16-23(19-6-4-3-5-7-19)28-26-29-25(30-32(24)26)31-36(34,35)22-14-12-21(13-15-22)27-18(2)33/h3-16,24H,1-2H3,(H,27,33)(H2,28,29,30,31)/t24-/m0/s1. The van der Waals surface area contributed by atoms with E-state index in [9.17, 15) is 13.2 Å². The molecule has 1 amide bonds. The van der Waals surface area contributed by atoms with E-state index in [2.05, 4.69) is 25.4 Å². The molecule has 0 saturated carbocycles. The molecule has 182 valence electrons. The summed E-state index contributed by atoms with van der Waals surface area (Å²) in [5.41, 5.74) is 4.46. The van der Waals surface area contributed by atoms with Crippen molar-refractivity contribution in [3.63, 3.8) is 0 Å². The molecule has 5 rings (SSSR count). The van der Waals surface area contributed by atoms with Crippen molar-refractivity contribution in [1.29, 1.82) is 0 Å². The minimum atomic E-state index is -3.96. The molecule has 36 heavy (non-hydrogen) atoms. The third kappa shape index (κ3) is 4.84. The third-order valence-electron chi connectivity index (χ3n) is 5.68. The number of carbonyl (C=O) groups excluding carboxylic acids is 1. The van der Waals surface area contributed by atoms with Crippen molar-refractivity contribution in [2.45, 2.75) is 24.8 Å². The van der Waals surface area contributed by atoms with Gasteiger partial charge in [0.2, 0.25) is 11.9 Å². The van der Waals surface area contributed by atoms with Gasteiger partial charge in [0.1, 0.15) is 6.04 Å². The highest BCUT2D eigenvalue weighted by molar-refractivity contribution is 7.92. The predicted molar refractivity (Wildman–Crippen MR) is 139 cm³/mol. The lowest BCUT2D eigenvalue weighted by atomic mass is 10.0. The Morgan fingerprint density at radius 1 is 0.972 bits per heavy atom. The van der Waals surface area contributed by atoms with Crippen LogP contribution < -0.4 is 15.4 Å². The van der Waals surface area contributed by atoms with E-state index in [1.54, 1.807) is 4.68 Å². The largest absolute Gasteiger partial charge is 0.326 e. The predicted octanol–water partition coefficient (Wildman–Crippen LogP) is 4.40. The van der Waals surface area contributed by atoms with Crippen LogP contribution in [0.1, 0.15) is 29.7 Å². The second kappa shape index (κ2) is 9.31. The Morgan fingerprint density at radius 3 is 2.33 bits per heavy atom. The Labute approximate surface area is 208 Å². The highest BCUT2D eigenvalue weighted by Crippen LogP contribution is 2.33. The van der Waals surface area contributed by atoms with Crippen molar-refractivity contribution >= 4 is 39.2 Å². The summed E-state index contributed by atoms with van der Waals surface area (Å²) in [4.78, 5) is 15.7. The lowest BCUT2D eigenvalue weighted by Crippen LogP contribution is -2.20. The average molecular weight is 501 g/mol. The zero-order valence-electron chi connectivity index (χ0n) is 19.6. The lowest BCUT2D eigenvalue weighted by molar-refractivity contribution is -0.114. The van der Waals surface area contributed by atoms with E-state index < -0.39 is 10.0 Å². The number of amides is 1. The van der Waals surface area contributed by atoms with E-state index in [1.807, 2.05) is 67.6 Å². The van der Waals surface area contributed by atoms with Gasteiger partial charge in [-0.05, 0) is 48.4 Å². The summed E-state index contributed by atoms with van der Waals surface area (Å²) >= 11 is 0. The van der Waals surface area contributed by atoms with Gasteiger partial charge in [0.25, 0.3) is 16.0 Å². The Kier molecular flexibility index (Phi) is 6.03. The molecule has 9 nitrogen and oxygen atoms in total. The van der Waals surface area contributed by atoms with Gasteiger partial charge in [-0.1, -0.05) is 60.2 Å². The fraction of sp³-hybridized carbons (Fsp3) is 0.115. The summed E-state index contributed by atoms with van der Waals surface area (Å²) in [5, 5.41) is 10.4. The van der Waals surface area contributed by atoms with Crippen molar-refractivity contribution in [2.75, 3.05) is 15.4 Å². The molecular weight excluding hydrogens is 476 g/mol.